The van der Waals surface area contributed by atoms with Gasteiger partial charge in [0.15, 0.2) is 0 Å². The van der Waals surface area contributed by atoms with Crippen molar-refractivity contribution in [2.75, 3.05) is 0 Å². The number of amides is 1. The van der Waals surface area contributed by atoms with E-state index in [1.807, 2.05) is 12.1 Å². The molecular weight excluding hydrogens is 192 g/mol. The van der Waals surface area contributed by atoms with E-state index < -0.39 is 0 Å². The van der Waals surface area contributed by atoms with Gasteiger partial charge in [0.25, 0.3) is 0 Å². The average Bonchev–Trinajstić information content (AvgIpc) is 2.73. The topological polar surface area (TPSA) is 54.6 Å². The lowest BCUT2D eigenvalue weighted by molar-refractivity contribution is -0.118. The second-order valence-corrected chi connectivity index (χ2v) is 3.99. The van der Waals surface area contributed by atoms with Gasteiger partial charge in [0.05, 0.1) is 6.21 Å². The highest BCUT2D eigenvalue weighted by Crippen LogP contribution is 2.47. The maximum atomic E-state index is 10.5. The zero-order valence-electron chi connectivity index (χ0n) is 8.86. The van der Waals surface area contributed by atoms with Crippen molar-refractivity contribution in [3.8, 4) is 0 Å². The molecule has 1 aliphatic rings. The van der Waals surface area contributed by atoms with Crippen molar-refractivity contribution in [3.05, 3.63) is 23.7 Å². The van der Waals surface area contributed by atoms with Crippen LogP contribution in [0.15, 0.2) is 21.7 Å². The molecule has 0 bridgehead atoms. The molecule has 2 rings (SSSR count). The van der Waals surface area contributed by atoms with Crippen molar-refractivity contribution < 1.29 is 9.21 Å². The molecular formula is C11H14N2O2. The third kappa shape index (κ3) is 2.46. The van der Waals surface area contributed by atoms with Gasteiger partial charge in [0, 0.05) is 12.8 Å². The van der Waals surface area contributed by atoms with E-state index in [1.54, 1.807) is 0 Å². The zero-order chi connectivity index (χ0) is 10.8. The van der Waals surface area contributed by atoms with Crippen molar-refractivity contribution in [1.82, 2.24) is 5.43 Å². The number of rotatable bonds is 3. The molecule has 15 heavy (non-hydrogen) atoms. The molecule has 0 unspecified atom stereocenters. The summed E-state index contributed by atoms with van der Waals surface area (Å²) in [5.74, 6) is 2.82. The molecule has 0 saturated heterocycles. The molecule has 2 atom stereocenters. The lowest BCUT2D eigenvalue weighted by atomic mass is 10.3. The average molecular weight is 206 g/mol. The molecule has 80 valence electrons. The van der Waals surface area contributed by atoms with Crippen molar-refractivity contribution >= 4 is 12.1 Å². The smallest absolute Gasteiger partial charge is 0.236 e. The Kier molecular flexibility index (Phi) is 2.58. The Morgan fingerprint density at radius 3 is 3.00 bits per heavy atom. The van der Waals surface area contributed by atoms with Crippen LogP contribution in [0.25, 0.3) is 0 Å². The van der Waals surface area contributed by atoms with E-state index in [0.29, 0.717) is 11.7 Å². The summed E-state index contributed by atoms with van der Waals surface area (Å²) in [6.45, 7) is 3.62. The summed E-state index contributed by atoms with van der Waals surface area (Å²) in [5, 5.41) is 3.73. The lowest BCUT2D eigenvalue weighted by Crippen LogP contribution is -2.12. The van der Waals surface area contributed by atoms with Crippen LogP contribution in [0.4, 0.5) is 0 Å². The number of nitrogens with one attached hydrogen (secondary N) is 1. The van der Waals surface area contributed by atoms with Crippen LogP contribution in [-0.2, 0) is 4.79 Å². The minimum atomic E-state index is -0.186. The number of carbonyl (C=O) groups is 1. The van der Waals surface area contributed by atoms with Gasteiger partial charge in [-0.15, -0.1) is 0 Å². The van der Waals surface area contributed by atoms with Gasteiger partial charge in [-0.1, -0.05) is 6.92 Å². The Morgan fingerprint density at radius 1 is 1.67 bits per heavy atom. The second-order valence-electron chi connectivity index (χ2n) is 3.99. The number of hydrogen-bond donors (Lipinski definition) is 1. The fraction of sp³-hybridized carbons (Fsp3) is 0.455. The first kappa shape index (κ1) is 9.96. The van der Waals surface area contributed by atoms with E-state index in [1.165, 1.54) is 19.6 Å². The molecule has 0 aliphatic heterocycles. The monoisotopic (exact) mass is 206 g/mol. The van der Waals surface area contributed by atoms with Gasteiger partial charge in [-0.05, 0) is 24.5 Å². The summed E-state index contributed by atoms with van der Waals surface area (Å²) >= 11 is 0. The Balaban J connectivity index is 1.95. The Morgan fingerprint density at radius 2 is 2.40 bits per heavy atom. The number of nitrogens with zero attached hydrogens (tertiary/aromatic N) is 1. The van der Waals surface area contributed by atoms with Crippen molar-refractivity contribution in [2.45, 2.75) is 26.2 Å². The van der Waals surface area contributed by atoms with E-state index in [2.05, 4.69) is 17.5 Å². The van der Waals surface area contributed by atoms with Crippen molar-refractivity contribution in [1.29, 1.82) is 0 Å². The Bertz CT molecular complexity index is 395. The van der Waals surface area contributed by atoms with Crippen LogP contribution in [0.5, 0.6) is 0 Å². The Labute approximate surface area is 88.4 Å². The summed E-state index contributed by atoms with van der Waals surface area (Å²) < 4.78 is 5.56. The van der Waals surface area contributed by atoms with E-state index in [9.17, 15) is 4.79 Å². The van der Waals surface area contributed by atoms with Crippen LogP contribution in [0.1, 0.15) is 37.7 Å². The fourth-order valence-corrected chi connectivity index (χ4v) is 1.54. The quantitative estimate of drug-likeness (QED) is 0.606. The minimum absolute atomic E-state index is 0.186. The van der Waals surface area contributed by atoms with E-state index in [-0.39, 0.29) is 5.91 Å². The first-order valence-electron chi connectivity index (χ1n) is 5.06. The number of hydrogen-bond acceptors (Lipinski definition) is 3. The number of hydrazone groups is 1. The molecule has 0 aromatic carbocycles. The van der Waals surface area contributed by atoms with Gasteiger partial charge in [-0.2, -0.15) is 5.10 Å². The predicted molar refractivity (Wildman–Crippen MR) is 56.6 cm³/mol. The van der Waals surface area contributed by atoms with Crippen LogP contribution in [0.3, 0.4) is 0 Å². The summed E-state index contributed by atoms with van der Waals surface area (Å²) in [4.78, 5) is 10.5. The van der Waals surface area contributed by atoms with E-state index in [4.69, 9.17) is 4.42 Å². The van der Waals surface area contributed by atoms with Crippen molar-refractivity contribution in [2.24, 2.45) is 11.0 Å². The zero-order valence-corrected chi connectivity index (χ0v) is 8.86. The lowest BCUT2D eigenvalue weighted by Gasteiger charge is -1.91. The standard InChI is InChI=1S/C11H14N2O2/c1-7-5-10(7)11-4-3-9(15-11)6-12-13-8(2)14/h3-4,6-7,10H,5H2,1-2H3,(H,13,14)/b12-6-/t7-,10-/m0/s1. The molecule has 1 aromatic heterocycles. The third-order valence-electron chi connectivity index (χ3n) is 2.54. The molecule has 0 radical (unpaired) electrons. The highest BCUT2D eigenvalue weighted by Gasteiger charge is 2.36. The van der Waals surface area contributed by atoms with Gasteiger partial charge >= 0.3 is 0 Å². The number of carbonyl (C=O) groups excluding carboxylic acids is 1. The molecule has 1 aliphatic carbocycles. The van der Waals surface area contributed by atoms with Crippen LogP contribution < -0.4 is 5.43 Å². The van der Waals surface area contributed by atoms with Crippen LogP contribution in [0.2, 0.25) is 0 Å². The number of furan rings is 1. The predicted octanol–water partition coefficient (Wildman–Crippen LogP) is 1.87. The van der Waals surface area contributed by atoms with Crippen LogP contribution >= 0.6 is 0 Å². The van der Waals surface area contributed by atoms with Gasteiger partial charge in [-0.3, -0.25) is 4.79 Å². The highest BCUT2D eigenvalue weighted by molar-refractivity contribution is 5.79. The SMILES string of the molecule is CC(=O)N/N=C\c1ccc([C@H]2C[C@@H]2C)o1. The molecule has 1 aromatic rings. The van der Waals surface area contributed by atoms with Crippen LogP contribution in [-0.4, -0.2) is 12.1 Å². The summed E-state index contributed by atoms with van der Waals surface area (Å²) in [7, 11) is 0. The maximum absolute atomic E-state index is 10.5. The molecule has 1 fully saturated rings. The molecule has 1 saturated carbocycles. The molecule has 4 nitrogen and oxygen atoms in total. The van der Waals surface area contributed by atoms with E-state index in [0.717, 1.165) is 11.7 Å². The van der Waals surface area contributed by atoms with Gasteiger partial charge in [-0.25, -0.2) is 5.43 Å². The van der Waals surface area contributed by atoms with Gasteiger partial charge in [0.1, 0.15) is 11.5 Å². The Hall–Kier alpha value is -1.58. The van der Waals surface area contributed by atoms with Crippen LogP contribution in [0, 0.1) is 5.92 Å². The van der Waals surface area contributed by atoms with Crippen molar-refractivity contribution in [3.63, 3.8) is 0 Å². The molecule has 1 N–H and O–H groups in total. The van der Waals surface area contributed by atoms with Gasteiger partial charge < -0.3 is 4.42 Å². The third-order valence-corrected chi connectivity index (χ3v) is 2.54. The van der Waals surface area contributed by atoms with E-state index >= 15 is 0 Å². The second kappa shape index (κ2) is 3.88. The summed E-state index contributed by atoms with van der Waals surface area (Å²) in [5.41, 5.74) is 2.33. The summed E-state index contributed by atoms with van der Waals surface area (Å²) in [6.07, 6.45) is 2.72. The first-order chi connectivity index (χ1) is 7.16. The molecule has 1 heterocycles. The van der Waals surface area contributed by atoms with Gasteiger partial charge in [0.2, 0.25) is 5.91 Å². The fourth-order valence-electron chi connectivity index (χ4n) is 1.54. The molecule has 4 heteroatoms. The highest BCUT2D eigenvalue weighted by atomic mass is 16.3. The minimum Gasteiger partial charge on any atom is -0.460 e. The normalized spacial score (nSPS) is 24.4. The molecule has 0 spiro atoms. The summed E-state index contributed by atoms with van der Waals surface area (Å²) in [6, 6.07) is 3.84. The maximum Gasteiger partial charge on any atom is 0.236 e. The largest absolute Gasteiger partial charge is 0.460 e. The molecule has 1 amide bonds. The first-order valence-corrected chi connectivity index (χ1v) is 5.06.